The lowest BCUT2D eigenvalue weighted by molar-refractivity contribution is -0.137. The number of nitrogens with zero attached hydrogens (tertiary/aromatic N) is 2. The summed E-state index contributed by atoms with van der Waals surface area (Å²) < 4.78 is 39.0. The van der Waals surface area contributed by atoms with Crippen molar-refractivity contribution < 1.29 is 18.0 Å². The van der Waals surface area contributed by atoms with Gasteiger partial charge in [-0.25, -0.2) is 5.53 Å². The molecule has 1 aromatic heterocycles. The van der Waals surface area contributed by atoms with E-state index in [2.05, 4.69) is 48.4 Å². The number of amides is 1. The number of thiophene rings is 1. The highest BCUT2D eigenvalue weighted by atomic mass is 32.2. The predicted octanol–water partition coefficient (Wildman–Crippen LogP) is 7.96. The molecule has 11 heteroatoms. The maximum Gasteiger partial charge on any atom is 0.416 e. The van der Waals surface area contributed by atoms with Crippen LogP contribution in [0.15, 0.2) is 63.6 Å². The number of aryl methyl sites for hydroxylation is 2. The van der Waals surface area contributed by atoms with Crippen molar-refractivity contribution in [2.24, 2.45) is 21.5 Å². The third-order valence-corrected chi connectivity index (χ3v) is 8.84. The first-order valence-corrected chi connectivity index (χ1v) is 13.4. The van der Waals surface area contributed by atoms with E-state index in [1.54, 1.807) is 17.8 Å². The van der Waals surface area contributed by atoms with E-state index in [4.69, 9.17) is 11.4 Å². The molecule has 0 aliphatic carbocycles. The number of nitrogens with two attached hydrogens (primary N) is 1. The molecule has 0 fully saturated rings. The van der Waals surface area contributed by atoms with Crippen LogP contribution < -0.4 is 11.2 Å². The highest BCUT2D eigenvalue weighted by Crippen LogP contribution is 2.50. The lowest BCUT2D eigenvalue weighted by Crippen LogP contribution is -2.28. The maximum absolute atomic E-state index is 13.0. The summed E-state index contributed by atoms with van der Waals surface area (Å²) >= 11 is 3.09. The maximum atomic E-state index is 13.0. The fourth-order valence-corrected chi connectivity index (χ4v) is 6.80. The Morgan fingerprint density at radius 1 is 1.08 bits per heavy atom. The minimum atomic E-state index is -4.37. The molecule has 0 saturated heterocycles. The molecule has 1 heterocycles. The number of benzene rings is 2. The van der Waals surface area contributed by atoms with E-state index in [0.717, 1.165) is 44.2 Å². The van der Waals surface area contributed by atoms with Crippen LogP contribution in [-0.4, -0.2) is 18.3 Å². The van der Waals surface area contributed by atoms with Crippen molar-refractivity contribution in [3.63, 3.8) is 0 Å². The Hall–Kier alpha value is -3.18. The number of thioether (sulfide) groups is 1. The van der Waals surface area contributed by atoms with Crippen molar-refractivity contribution in [2.75, 3.05) is 6.54 Å². The third-order valence-electron chi connectivity index (χ3n) is 5.84. The van der Waals surface area contributed by atoms with E-state index in [9.17, 15) is 18.0 Å². The minimum Gasteiger partial charge on any atom is -0.344 e. The molecule has 0 saturated carbocycles. The van der Waals surface area contributed by atoms with Crippen LogP contribution in [0.3, 0.4) is 0 Å². The number of alkyl halides is 3. The van der Waals surface area contributed by atoms with Gasteiger partial charge in [-0.2, -0.15) is 18.3 Å². The van der Waals surface area contributed by atoms with Crippen LogP contribution in [0.2, 0.25) is 0 Å². The Bertz CT molecular complexity index is 1320. The number of hydrazone groups is 1. The van der Waals surface area contributed by atoms with Gasteiger partial charge in [-0.3, -0.25) is 4.79 Å². The number of rotatable bonds is 7. The summed E-state index contributed by atoms with van der Waals surface area (Å²) in [4.78, 5) is 15.2. The molecule has 1 atom stereocenters. The molecule has 38 heavy (non-hydrogen) atoms. The van der Waals surface area contributed by atoms with Crippen molar-refractivity contribution in [1.82, 2.24) is 5.32 Å². The topological polar surface area (TPSA) is 104 Å². The number of hydrogen-bond donors (Lipinski definition) is 3. The van der Waals surface area contributed by atoms with Gasteiger partial charge in [0.1, 0.15) is 0 Å². The van der Waals surface area contributed by atoms with Crippen molar-refractivity contribution >= 4 is 34.8 Å². The molecule has 1 unspecified atom stereocenters. The number of hydrogen-bond acceptors (Lipinski definition) is 6. The molecule has 0 radical (unpaired) electrons. The summed E-state index contributed by atoms with van der Waals surface area (Å²) in [7, 11) is 0. The number of carbonyl (C=O) groups is 1. The second-order valence-corrected chi connectivity index (χ2v) is 12.2. The molecule has 3 aromatic rings. The monoisotopic (exact) mass is 561 g/mol. The van der Waals surface area contributed by atoms with Gasteiger partial charge in [-0.1, -0.05) is 32.9 Å². The summed E-state index contributed by atoms with van der Waals surface area (Å²) in [6.07, 6.45) is -4.37. The third kappa shape index (κ3) is 7.02. The summed E-state index contributed by atoms with van der Waals surface area (Å²) in [6, 6.07) is 13.1. The molecular weight excluding hydrogens is 531 g/mol. The van der Waals surface area contributed by atoms with Gasteiger partial charge in [0.2, 0.25) is 0 Å². The number of carbonyl (C=O) groups excluding carboxylic acids is 1. The number of amidine groups is 1. The van der Waals surface area contributed by atoms with E-state index >= 15 is 0 Å². The van der Waals surface area contributed by atoms with Gasteiger partial charge in [-0.15, -0.1) is 28.2 Å². The van der Waals surface area contributed by atoms with Crippen molar-refractivity contribution in [3.8, 4) is 11.1 Å². The first-order chi connectivity index (χ1) is 17.7. The molecule has 0 aliphatic rings. The van der Waals surface area contributed by atoms with Gasteiger partial charge in [0, 0.05) is 15.0 Å². The van der Waals surface area contributed by atoms with Crippen LogP contribution in [0.4, 0.5) is 13.2 Å². The minimum absolute atomic E-state index is 0.0173. The Labute approximate surface area is 228 Å². The van der Waals surface area contributed by atoms with Gasteiger partial charge in [-0.05, 0) is 77.9 Å². The lowest BCUT2D eigenvalue weighted by Gasteiger charge is -2.30. The summed E-state index contributed by atoms with van der Waals surface area (Å²) in [5.41, 5.74) is 9.80. The molecule has 6 nitrogen and oxygen atoms in total. The molecule has 202 valence electrons. The standard InChI is InChI=1S/C27H30F3N5OS2/c1-15-12-19(13-16(2)23(15)17-6-8-18(9-7-17)27(28,29)30)37-24(26(3,4)5)20-10-11-21(38-20)25(36)33-14-22(34-31)35-32/h6-13,24,31H,14,32H2,1-5H3,(H,33,36)/b34-31?,35-22-. The van der Waals surface area contributed by atoms with Crippen LogP contribution in [0.1, 0.15) is 57.3 Å². The quantitative estimate of drug-likeness (QED) is 0.0681. The van der Waals surface area contributed by atoms with Crippen molar-refractivity contribution in [2.45, 2.75) is 50.9 Å². The zero-order valence-electron chi connectivity index (χ0n) is 21.7. The Balaban J connectivity index is 1.85. The summed E-state index contributed by atoms with van der Waals surface area (Å²) in [6.45, 7) is 10.3. The molecular formula is C27H30F3N5OS2. The van der Waals surface area contributed by atoms with E-state index < -0.39 is 11.7 Å². The zero-order valence-corrected chi connectivity index (χ0v) is 23.4. The van der Waals surface area contributed by atoms with Crippen LogP contribution in [-0.2, 0) is 6.18 Å². The first-order valence-electron chi connectivity index (χ1n) is 11.7. The molecule has 3 rings (SSSR count). The average molecular weight is 562 g/mol. The van der Waals surface area contributed by atoms with Gasteiger partial charge in [0.05, 0.1) is 17.0 Å². The largest absolute Gasteiger partial charge is 0.416 e. The number of halogens is 3. The SMILES string of the molecule is Cc1cc(SC(c2ccc(C(=O)NC/C(N=N)=N/N)s2)C(C)(C)C)cc(C)c1-c1ccc(C(F)(F)F)cc1. The van der Waals surface area contributed by atoms with Crippen molar-refractivity contribution in [3.05, 3.63) is 75.0 Å². The molecule has 4 N–H and O–H groups in total. The average Bonchev–Trinajstić information content (AvgIpc) is 3.31. The van der Waals surface area contributed by atoms with Crippen LogP contribution in [0.25, 0.3) is 11.1 Å². The van der Waals surface area contributed by atoms with Gasteiger partial charge in [0.25, 0.3) is 5.91 Å². The van der Waals surface area contributed by atoms with E-state index in [1.165, 1.54) is 23.5 Å². The fourth-order valence-electron chi connectivity index (χ4n) is 4.05. The summed E-state index contributed by atoms with van der Waals surface area (Å²) in [5, 5.41) is 9.20. The normalized spacial score (nSPS) is 13.3. The second kappa shape index (κ2) is 11.7. The Morgan fingerprint density at radius 2 is 1.68 bits per heavy atom. The zero-order chi connectivity index (χ0) is 28.3. The number of nitrogens with one attached hydrogen (secondary N) is 2. The molecule has 0 bridgehead atoms. The molecule has 0 spiro atoms. The highest BCUT2D eigenvalue weighted by molar-refractivity contribution is 7.99. The first kappa shape index (κ1) is 29.4. The molecule has 2 aromatic carbocycles. The second-order valence-electron chi connectivity index (χ2n) is 9.91. The van der Waals surface area contributed by atoms with E-state index in [-0.39, 0.29) is 29.0 Å². The van der Waals surface area contributed by atoms with Gasteiger partial charge in [0.15, 0.2) is 5.84 Å². The van der Waals surface area contributed by atoms with Crippen LogP contribution in [0.5, 0.6) is 0 Å². The smallest absolute Gasteiger partial charge is 0.344 e. The van der Waals surface area contributed by atoms with Gasteiger partial charge >= 0.3 is 6.18 Å². The highest BCUT2D eigenvalue weighted by Gasteiger charge is 2.31. The van der Waals surface area contributed by atoms with Gasteiger partial charge < -0.3 is 11.2 Å². The molecule has 0 aliphatic heterocycles. The Morgan fingerprint density at radius 3 is 2.18 bits per heavy atom. The summed E-state index contributed by atoms with van der Waals surface area (Å²) in [5.74, 6) is 4.86. The van der Waals surface area contributed by atoms with Crippen LogP contribution in [0, 0.1) is 24.8 Å². The van der Waals surface area contributed by atoms with E-state index in [0.29, 0.717) is 4.88 Å². The Kier molecular flexibility index (Phi) is 9.04. The van der Waals surface area contributed by atoms with Crippen molar-refractivity contribution in [1.29, 1.82) is 5.53 Å². The predicted molar refractivity (Wildman–Crippen MR) is 148 cm³/mol. The molecule has 1 amide bonds. The fraction of sp³-hybridized carbons (Fsp3) is 0.333. The lowest BCUT2D eigenvalue weighted by atomic mass is 9.91. The van der Waals surface area contributed by atoms with Crippen LogP contribution >= 0.6 is 23.1 Å². The van der Waals surface area contributed by atoms with E-state index in [1.807, 2.05) is 19.9 Å².